The van der Waals surface area contributed by atoms with Crippen molar-refractivity contribution in [2.24, 2.45) is 0 Å². The molecule has 1 unspecified atom stereocenters. The molecule has 0 aliphatic carbocycles. The standard InChI is InChI=1S/C20H18FN3O5S/c21-18-11(3-1-6-16(18)30(28)29)9-22-14-5-2-4-12-13(14)10-24(20(12)27)15-7-8-17(25)23-19(15)26/h1-6,15,22,30H,7-10H2,(H,23,25,26). The van der Waals surface area contributed by atoms with Gasteiger partial charge in [-0.05, 0) is 24.6 Å². The number of halogens is 1. The van der Waals surface area contributed by atoms with Crippen molar-refractivity contribution in [2.45, 2.75) is 36.9 Å². The van der Waals surface area contributed by atoms with Gasteiger partial charge in [0, 0.05) is 41.9 Å². The molecule has 0 saturated carbocycles. The summed E-state index contributed by atoms with van der Waals surface area (Å²) in [7, 11) is -3.05. The smallest absolute Gasteiger partial charge is 0.255 e. The van der Waals surface area contributed by atoms with E-state index in [0.717, 1.165) is 0 Å². The number of rotatable bonds is 5. The Hall–Kier alpha value is -3.27. The Morgan fingerprint density at radius 2 is 1.90 bits per heavy atom. The maximum absolute atomic E-state index is 14.4. The molecule has 30 heavy (non-hydrogen) atoms. The minimum atomic E-state index is -3.05. The molecule has 1 saturated heterocycles. The van der Waals surface area contributed by atoms with Gasteiger partial charge in [0.15, 0.2) is 10.7 Å². The second kappa shape index (κ2) is 7.86. The number of hydrogen-bond acceptors (Lipinski definition) is 6. The van der Waals surface area contributed by atoms with Gasteiger partial charge in [-0.2, -0.15) is 0 Å². The summed E-state index contributed by atoms with van der Waals surface area (Å²) in [6.07, 6.45) is 0.428. The summed E-state index contributed by atoms with van der Waals surface area (Å²) >= 11 is 0. The Morgan fingerprint density at radius 3 is 2.63 bits per heavy atom. The van der Waals surface area contributed by atoms with Crippen LogP contribution in [0.5, 0.6) is 0 Å². The summed E-state index contributed by atoms with van der Waals surface area (Å²) in [5, 5.41) is 5.32. The summed E-state index contributed by atoms with van der Waals surface area (Å²) < 4.78 is 36.7. The van der Waals surface area contributed by atoms with Crippen LogP contribution in [0.15, 0.2) is 41.3 Å². The number of thiol groups is 1. The second-order valence-electron chi connectivity index (χ2n) is 7.09. The Labute approximate surface area is 173 Å². The predicted octanol–water partition coefficient (Wildman–Crippen LogP) is 1.17. The van der Waals surface area contributed by atoms with Crippen LogP contribution in [0.2, 0.25) is 0 Å². The van der Waals surface area contributed by atoms with E-state index >= 15 is 0 Å². The van der Waals surface area contributed by atoms with E-state index in [2.05, 4.69) is 10.6 Å². The maximum atomic E-state index is 14.4. The number of imide groups is 1. The lowest BCUT2D eigenvalue weighted by Gasteiger charge is -2.29. The van der Waals surface area contributed by atoms with Crippen LogP contribution in [0.25, 0.3) is 0 Å². The lowest BCUT2D eigenvalue weighted by molar-refractivity contribution is -0.136. The molecule has 2 aromatic rings. The number of amides is 3. The normalized spacial score (nSPS) is 18.5. The molecule has 0 spiro atoms. The highest BCUT2D eigenvalue weighted by atomic mass is 32.2. The van der Waals surface area contributed by atoms with E-state index in [1.165, 1.54) is 23.1 Å². The molecular weight excluding hydrogens is 413 g/mol. The van der Waals surface area contributed by atoms with Crippen molar-refractivity contribution >= 4 is 34.1 Å². The van der Waals surface area contributed by atoms with Crippen LogP contribution < -0.4 is 10.6 Å². The molecule has 0 aromatic heterocycles. The van der Waals surface area contributed by atoms with Crippen molar-refractivity contribution < 1.29 is 27.2 Å². The first-order valence-corrected chi connectivity index (χ1v) is 10.5. The lowest BCUT2D eigenvalue weighted by Crippen LogP contribution is -2.52. The number of carbonyl (C=O) groups excluding carboxylic acids is 3. The highest BCUT2D eigenvalue weighted by molar-refractivity contribution is 7.72. The van der Waals surface area contributed by atoms with Gasteiger partial charge >= 0.3 is 0 Å². The van der Waals surface area contributed by atoms with Gasteiger partial charge in [0.25, 0.3) is 5.91 Å². The van der Waals surface area contributed by atoms with Crippen LogP contribution in [0.1, 0.15) is 34.3 Å². The molecule has 2 aliphatic heterocycles. The third-order valence-corrected chi connectivity index (χ3v) is 6.05. The summed E-state index contributed by atoms with van der Waals surface area (Å²) in [6, 6.07) is 8.47. The molecule has 2 heterocycles. The Kier molecular flexibility index (Phi) is 5.25. The summed E-state index contributed by atoms with van der Waals surface area (Å²) in [6.45, 7) is 0.199. The largest absolute Gasteiger partial charge is 0.381 e. The van der Waals surface area contributed by atoms with Gasteiger partial charge in [-0.3, -0.25) is 19.7 Å². The van der Waals surface area contributed by atoms with Gasteiger partial charge in [0.1, 0.15) is 16.8 Å². The van der Waals surface area contributed by atoms with Crippen molar-refractivity contribution in [3.05, 3.63) is 58.9 Å². The van der Waals surface area contributed by atoms with Crippen LogP contribution in [0.3, 0.4) is 0 Å². The zero-order valence-corrected chi connectivity index (χ0v) is 16.6. The Morgan fingerprint density at radius 1 is 1.13 bits per heavy atom. The number of hydrogen-bond donors (Lipinski definition) is 3. The number of anilines is 1. The number of benzene rings is 2. The molecule has 4 rings (SSSR count). The molecule has 0 bridgehead atoms. The quantitative estimate of drug-likeness (QED) is 0.484. The van der Waals surface area contributed by atoms with Gasteiger partial charge in [-0.25, -0.2) is 12.8 Å². The summed E-state index contributed by atoms with van der Waals surface area (Å²) in [5.41, 5.74) is 1.86. The maximum Gasteiger partial charge on any atom is 0.255 e. The number of fused-ring (bicyclic) bond motifs is 1. The molecule has 156 valence electrons. The second-order valence-corrected chi connectivity index (χ2v) is 8.09. The van der Waals surface area contributed by atoms with Crippen LogP contribution in [0, 0.1) is 5.82 Å². The molecular formula is C20H18FN3O5S. The summed E-state index contributed by atoms with van der Waals surface area (Å²) in [4.78, 5) is 37.5. The summed E-state index contributed by atoms with van der Waals surface area (Å²) in [5.74, 6) is -1.96. The van der Waals surface area contributed by atoms with Crippen molar-refractivity contribution in [1.29, 1.82) is 0 Å². The molecule has 10 heteroatoms. The number of nitrogens with zero attached hydrogens (tertiary/aromatic N) is 1. The highest BCUT2D eigenvalue weighted by Gasteiger charge is 2.39. The molecule has 8 nitrogen and oxygen atoms in total. The Balaban J connectivity index is 1.56. The van der Waals surface area contributed by atoms with Gasteiger partial charge in [-0.1, -0.05) is 18.2 Å². The van der Waals surface area contributed by atoms with Gasteiger partial charge in [-0.15, -0.1) is 0 Å². The fourth-order valence-electron chi connectivity index (χ4n) is 3.79. The van der Waals surface area contributed by atoms with E-state index in [0.29, 0.717) is 16.8 Å². The molecule has 3 amide bonds. The molecule has 2 aromatic carbocycles. The van der Waals surface area contributed by atoms with E-state index in [9.17, 15) is 27.2 Å². The number of nitrogens with one attached hydrogen (secondary N) is 2. The van der Waals surface area contributed by atoms with E-state index in [4.69, 9.17) is 0 Å². The van der Waals surface area contributed by atoms with Crippen molar-refractivity contribution in [2.75, 3.05) is 5.32 Å². The first-order chi connectivity index (χ1) is 14.4. The average molecular weight is 431 g/mol. The monoisotopic (exact) mass is 431 g/mol. The molecule has 1 fully saturated rings. The van der Waals surface area contributed by atoms with E-state index in [1.54, 1.807) is 18.2 Å². The van der Waals surface area contributed by atoms with Crippen LogP contribution >= 0.6 is 0 Å². The molecule has 2 aliphatic rings. The fourth-order valence-corrected chi connectivity index (χ4v) is 4.30. The first-order valence-electron chi connectivity index (χ1n) is 9.29. The SMILES string of the molecule is O=C1CCC(N2Cc3c(NCc4cccc([SH](=O)=O)c4F)cccc3C2=O)C(=O)N1. The van der Waals surface area contributed by atoms with E-state index in [-0.39, 0.29) is 48.2 Å². The van der Waals surface area contributed by atoms with E-state index in [1.807, 2.05) is 0 Å². The number of carbonyl (C=O) groups is 3. The minimum absolute atomic E-state index is 0.0197. The van der Waals surface area contributed by atoms with Gasteiger partial charge in [0.05, 0.1) is 0 Å². The zero-order chi connectivity index (χ0) is 21.4. The molecule has 0 radical (unpaired) electrons. The average Bonchev–Trinajstić information content (AvgIpc) is 3.04. The highest BCUT2D eigenvalue weighted by Crippen LogP contribution is 2.32. The Bertz CT molecular complexity index is 1140. The van der Waals surface area contributed by atoms with Crippen molar-refractivity contribution in [3.8, 4) is 0 Å². The van der Waals surface area contributed by atoms with Gasteiger partial charge < -0.3 is 10.2 Å². The zero-order valence-electron chi connectivity index (χ0n) is 15.7. The number of piperidine rings is 1. The van der Waals surface area contributed by atoms with Crippen LogP contribution in [-0.4, -0.2) is 37.1 Å². The molecule has 2 N–H and O–H groups in total. The fraction of sp³-hybridized carbons (Fsp3) is 0.250. The van der Waals surface area contributed by atoms with Crippen LogP contribution in [0.4, 0.5) is 10.1 Å². The van der Waals surface area contributed by atoms with Crippen molar-refractivity contribution in [1.82, 2.24) is 10.2 Å². The van der Waals surface area contributed by atoms with Crippen LogP contribution in [-0.2, 0) is 33.4 Å². The third kappa shape index (κ3) is 3.54. The third-order valence-electron chi connectivity index (χ3n) is 5.31. The van der Waals surface area contributed by atoms with Crippen molar-refractivity contribution in [3.63, 3.8) is 0 Å². The predicted molar refractivity (Wildman–Crippen MR) is 105 cm³/mol. The minimum Gasteiger partial charge on any atom is -0.381 e. The topological polar surface area (TPSA) is 113 Å². The molecule has 1 atom stereocenters. The first kappa shape index (κ1) is 20.0. The lowest BCUT2D eigenvalue weighted by atomic mass is 10.0. The van der Waals surface area contributed by atoms with E-state index < -0.39 is 28.5 Å². The van der Waals surface area contributed by atoms with Gasteiger partial charge in [0.2, 0.25) is 11.8 Å².